The third-order valence-corrected chi connectivity index (χ3v) is 3.14. The van der Waals surface area contributed by atoms with E-state index in [1.54, 1.807) is 0 Å². The van der Waals surface area contributed by atoms with Gasteiger partial charge in [-0.3, -0.25) is 9.78 Å². The van der Waals surface area contributed by atoms with Crippen LogP contribution in [-0.4, -0.2) is 43.2 Å². The zero-order valence-corrected chi connectivity index (χ0v) is 11.3. The summed E-state index contributed by atoms with van der Waals surface area (Å²) in [6.07, 6.45) is 2.37. The molecule has 1 atom stereocenters. The highest BCUT2D eigenvalue weighted by atomic mass is 35.5. The fraction of sp³-hybridized carbons (Fsp3) is 0.500. The average Bonchev–Trinajstić information content (AvgIpc) is 2.37. The van der Waals surface area contributed by atoms with Crippen LogP contribution in [0.1, 0.15) is 6.92 Å². The number of amides is 1. The monoisotopic (exact) mass is 287 g/mol. The van der Waals surface area contributed by atoms with Gasteiger partial charge in [0, 0.05) is 32.8 Å². The Kier molecular flexibility index (Phi) is 4.55. The molecule has 1 aromatic rings. The molecule has 0 aromatic carbocycles. The molecule has 1 unspecified atom stereocenters. The standard InChI is InChI=1S/C12H15ClFN3O2/c1-8(18)16-4-9-7-17(2-3-19-9)12-10(13)5-15-6-11(12)14/h5-6,9H,2-4,7H2,1H3,(H,16,18). The van der Waals surface area contributed by atoms with Gasteiger partial charge >= 0.3 is 0 Å². The van der Waals surface area contributed by atoms with Crippen molar-refractivity contribution >= 4 is 23.2 Å². The van der Waals surface area contributed by atoms with E-state index in [1.165, 1.54) is 13.1 Å². The molecule has 0 aliphatic carbocycles. The van der Waals surface area contributed by atoms with E-state index in [1.807, 2.05) is 4.90 Å². The number of rotatable bonds is 3. The molecule has 0 radical (unpaired) electrons. The quantitative estimate of drug-likeness (QED) is 0.908. The molecular weight excluding hydrogens is 273 g/mol. The van der Waals surface area contributed by atoms with E-state index in [2.05, 4.69) is 10.3 Å². The van der Waals surface area contributed by atoms with Crippen molar-refractivity contribution in [3.63, 3.8) is 0 Å². The Hall–Kier alpha value is -1.40. The Morgan fingerprint density at radius 1 is 1.68 bits per heavy atom. The second-order valence-corrected chi connectivity index (χ2v) is 4.73. The minimum atomic E-state index is -0.451. The van der Waals surface area contributed by atoms with Gasteiger partial charge in [0.25, 0.3) is 0 Å². The van der Waals surface area contributed by atoms with Crippen molar-refractivity contribution in [3.05, 3.63) is 23.2 Å². The predicted octanol–water partition coefficient (Wildman–Crippen LogP) is 1.22. The molecule has 19 heavy (non-hydrogen) atoms. The molecule has 0 bridgehead atoms. The highest BCUT2D eigenvalue weighted by Crippen LogP contribution is 2.29. The Labute approximate surface area is 115 Å². The number of hydrogen-bond acceptors (Lipinski definition) is 4. The number of pyridine rings is 1. The molecule has 1 amide bonds. The lowest BCUT2D eigenvalue weighted by Gasteiger charge is -2.35. The van der Waals surface area contributed by atoms with E-state index >= 15 is 0 Å². The summed E-state index contributed by atoms with van der Waals surface area (Å²) in [4.78, 5) is 16.4. The minimum Gasteiger partial charge on any atom is -0.373 e. The largest absolute Gasteiger partial charge is 0.373 e. The van der Waals surface area contributed by atoms with Crippen LogP contribution in [0.5, 0.6) is 0 Å². The fourth-order valence-corrected chi connectivity index (χ4v) is 2.28. The van der Waals surface area contributed by atoms with Crippen molar-refractivity contribution in [1.29, 1.82) is 0 Å². The SMILES string of the molecule is CC(=O)NCC1CN(c2c(F)cncc2Cl)CCO1. The maximum atomic E-state index is 13.8. The lowest BCUT2D eigenvalue weighted by atomic mass is 10.2. The Morgan fingerprint density at radius 3 is 3.16 bits per heavy atom. The van der Waals surface area contributed by atoms with Crippen LogP contribution in [0.2, 0.25) is 5.02 Å². The number of nitrogens with zero attached hydrogens (tertiary/aromatic N) is 2. The summed E-state index contributed by atoms with van der Waals surface area (Å²) < 4.78 is 19.3. The number of hydrogen-bond donors (Lipinski definition) is 1. The van der Waals surface area contributed by atoms with Crippen LogP contribution in [0.3, 0.4) is 0 Å². The number of ether oxygens (including phenoxy) is 1. The van der Waals surface area contributed by atoms with Crippen molar-refractivity contribution < 1.29 is 13.9 Å². The summed E-state index contributed by atoms with van der Waals surface area (Å²) in [6, 6.07) is 0. The normalized spacial score (nSPS) is 19.3. The second kappa shape index (κ2) is 6.16. The van der Waals surface area contributed by atoms with Crippen LogP contribution in [0.25, 0.3) is 0 Å². The summed E-state index contributed by atoms with van der Waals surface area (Å²) in [6.45, 7) is 3.33. The molecule has 2 heterocycles. The van der Waals surface area contributed by atoms with Crippen LogP contribution in [0, 0.1) is 5.82 Å². The first kappa shape index (κ1) is 14.0. The fourth-order valence-electron chi connectivity index (χ4n) is 2.01. The highest BCUT2D eigenvalue weighted by Gasteiger charge is 2.24. The number of nitrogens with one attached hydrogen (secondary N) is 1. The maximum absolute atomic E-state index is 13.8. The molecule has 0 saturated carbocycles. The summed E-state index contributed by atoms with van der Waals surface area (Å²) >= 11 is 5.98. The first-order chi connectivity index (χ1) is 9.08. The summed E-state index contributed by atoms with van der Waals surface area (Å²) in [5, 5.41) is 2.96. The van der Waals surface area contributed by atoms with Crippen LogP contribution >= 0.6 is 11.6 Å². The molecule has 2 rings (SSSR count). The second-order valence-electron chi connectivity index (χ2n) is 4.33. The number of morpholine rings is 1. The van der Waals surface area contributed by atoms with E-state index in [4.69, 9.17) is 16.3 Å². The van der Waals surface area contributed by atoms with Gasteiger partial charge in [-0.2, -0.15) is 0 Å². The zero-order chi connectivity index (χ0) is 13.8. The van der Waals surface area contributed by atoms with Crippen LogP contribution < -0.4 is 10.2 Å². The van der Waals surface area contributed by atoms with Gasteiger partial charge in [0.05, 0.1) is 29.6 Å². The molecule has 1 N–H and O–H groups in total. The van der Waals surface area contributed by atoms with Gasteiger partial charge in [0.1, 0.15) is 0 Å². The highest BCUT2D eigenvalue weighted by molar-refractivity contribution is 6.33. The average molecular weight is 288 g/mol. The smallest absolute Gasteiger partial charge is 0.216 e. The van der Waals surface area contributed by atoms with E-state index in [0.717, 1.165) is 6.20 Å². The summed E-state index contributed by atoms with van der Waals surface area (Å²) in [5.74, 6) is -0.568. The lowest BCUT2D eigenvalue weighted by molar-refractivity contribution is -0.119. The Morgan fingerprint density at radius 2 is 2.47 bits per heavy atom. The zero-order valence-electron chi connectivity index (χ0n) is 10.5. The number of aromatic nitrogens is 1. The molecule has 1 aliphatic rings. The van der Waals surface area contributed by atoms with Crippen LogP contribution in [0.4, 0.5) is 10.1 Å². The minimum absolute atomic E-state index is 0.117. The van der Waals surface area contributed by atoms with E-state index < -0.39 is 5.82 Å². The third kappa shape index (κ3) is 3.54. The number of halogens is 2. The molecule has 5 nitrogen and oxygen atoms in total. The first-order valence-electron chi connectivity index (χ1n) is 5.98. The van der Waals surface area contributed by atoms with Crippen molar-refractivity contribution in [2.24, 2.45) is 0 Å². The molecular formula is C12H15ClFN3O2. The van der Waals surface area contributed by atoms with Gasteiger partial charge in [0.15, 0.2) is 5.82 Å². The van der Waals surface area contributed by atoms with Crippen molar-refractivity contribution in [2.45, 2.75) is 13.0 Å². The van der Waals surface area contributed by atoms with Gasteiger partial charge in [-0.05, 0) is 0 Å². The van der Waals surface area contributed by atoms with Gasteiger partial charge in [-0.15, -0.1) is 0 Å². The van der Waals surface area contributed by atoms with Crippen molar-refractivity contribution in [2.75, 3.05) is 31.1 Å². The Balaban J connectivity index is 2.06. The lowest BCUT2D eigenvalue weighted by Crippen LogP contribution is -2.47. The van der Waals surface area contributed by atoms with E-state index in [-0.39, 0.29) is 17.0 Å². The van der Waals surface area contributed by atoms with Gasteiger partial charge < -0.3 is 15.0 Å². The van der Waals surface area contributed by atoms with Crippen molar-refractivity contribution in [3.8, 4) is 0 Å². The molecule has 1 aromatic heterocycles. The topological polar surface area (TPSA) is 54.5 Å². The molecule has 1 fully saturated rings. The number of anilines is 1. The third-order valence-electron chi connectivity index (χ3n) is 2.86. The molecule has 104 valence electrons. The predicted molar refractivity (Wildman–Crippen MR) is 69.8 cm³/mol. The Bertz CT molecular complexity index is 452. The molecule has 1 aliphatic heterocycles. The van der Waals surface area contributed by atoms with Crippen LogP contribution in [-0.2, 0) is 9.53 Å². The van der Waals surface area contributed by atoms with Gasteiger partial charge in [-0.1, -0.05) is 11.6 Å². The molecule has 1 saturated heterocycles. The summed E-state index contributed by atoms with van der Waals surface area (Å²) in [5.41, 5.74) is 0.341. The van der Waals surface area contributed by atoms with Crippen molar-refractivity contribution in [1.82, 2.24) is 10.3 Å². The van der Waals surface area contributed by atoms with Crippen LogP contribution in [0.15, 0.2) is 12.4 Å². The number of carbonyl (C=O) groups is 1. The van der Waals surface area contributed by atoms with E-state index in [0.29, 0.717) is 31.9 Å². The van der Waals surface area contributed by atoms with Gasteiger partial charge in [0.2, 0.25) is 5.91 Å². The maximum Gasteiger partial charge on any atom is 0.216 e. The molecule has 7 heteroatoms. The first-order valence-corrected chi connectivity index (χ1v) is 6.35. The van der Waals surface area contributed by atoms with E-state index in [9.17, 15) is 9.18 Å². The van der Waals surface area contributed by atoms with Gasteiger partial charge in [-0.25, -0.2) is 4.39 Å². The molecule has 0 spiro atoms. The number of carbonyl (C=O) groups excluding carboxylic acids is 1. The summed E-state index contributed by atoms with van der Waals surface area (Å²) in [7, 11) is 0.